The Morgan fingerprint density at radius 3 is 0.421 bits per heavy atom. The van der Waals surface area contributed by atoms with Gasteiger partial charge in [0.25, 0.3) is 0 Å². The van der Waals surface area contributed by atoms with Gasteiger partial charge in [-0.1, -0.05) is 315 Å². The minimum absolute atomic E-state index is 1.06. The van der Waals surface area contributed by atoms with Crippen LogP contribution in [0.25, 0.3) is 44.5 Å². The highest BCUT2D eigenvalue weighted by molar-refractivity contribution is 7.81. The summed E-state index contributed by atoms with van der Waals surface area (Å²) >= 11 is 0. The van der Waals surface area contributed by atoms with E-state index < -0.39 is 31.7 Å². The van der Waals surface area contributed by atoms with E-state index in [0.29, 0.717) is 0 Å². The molecule has 0 heterocycles. The molecule has 1 aliphatic carbocycles. The van der Waals surface area contributed by atoms with Crippen LogP contribution in [0.4, 0.5) is 0 Å². The van der Waals surface area contributed by atoms with E-state index in [0.717, 1.165) is 0 Å². The van der Waals surface area contributed by atoms with Crippen molar-refractivity contribution < 1.29 is 0 Å². The summed E-state index contributed by atoms with van der Waals surface area (Å²) < 4.78 is 0. The zero-order valence-electron chi connectivity index (χ0n) is 41.8. The molecular formula is C72H52P4. The van der Waals surface area contributed by atoms with Gasteiger partial charge >= 0.3 is 0 Å². The Bertz CT molecular complexity index is 3230. The summed E-state index contributed by atoms with van der Waals surface area (Å²) in [5, 5.41) is 16.1. The van der Waals surface area contributed by atoms with Crippen molar-refractivity contribution in [2.75, 3.05) is 0 Å². The smallest absolute Gasteiger partial charge is 0.000861 e. The third-order valence-corrected chi connectivity index (χ3v) is 24.3. The molecule has 12 aromatic carbocycles. The molecule has 0 bridgehead atoms. The fourth-order valence-electron chi connectivity index (χ4n) is 11.2. The van der Waals surface area contributed by atoms with Crippen molar-refractivity contribution in [3.63, 3.8) is 0 Å². The Hall–Kier alpha value is -7.64. The third kappa shape index (κ3) is 9.11. The summed E-state index contributed by atoms with van der Waals surface area (Å²) in [6, 6.07) is 119. The molecule has 0 aromatic heterocycles. The molecule has 0 atom stereocenters. The molecule has 0 radical (unpaired) electrons. The van der Waals surface area contributed by atoms with Gasteiger partial charge in [-0.05, 0) is 140 Å². The van der Waals surface area contributed by atoms with Gasteiger partial charge < -0.3 is 0 Å². The molecule has 0 saturated heterocycles. The first-order valence-corrected chi connectivity index (χ1v) is 31.3. The predicted octanol–water partition coefficient (Wildman–Crippen LogP) is 13.7. The first kappa shape index (κ1) is 48.0. The molecule has 0 nitrogen and oxygen atoms in total. The SMILES string of the molecule is c1ccc(P(c2ccccc2)c2cccc3c2-c2c(cccc2P(c2ccccc2)c2ccccc2)-c2cccc(P(c4ccccc4)c4ccccc4)c2-c2c-3cccc2P(c2ccccc2)c2ccccc2)cc1. The summed E-state index contributed by atoms with van der Waals surface area (Å²) in [5.41, 5.74) is 10.3. The van der Waals surface area contributed by atoms with Crippen LogP contribution in [0.3, 0.4) is 0 Å². The summed E-state index contributed by atoms with van der Waals surface area (Å²) in [7, 11) is -4.23. The second-order valence-electron chi connectivity index (χ2n) is 18.8. The average molecular weight is 1040 g/mol. The minimum atomic E-state index is -1.06. The summed E-state index contributed by atoms with van der Waals surface area (Å²) in [5.74, 6) is 0. The summed E-state index contributed by atoms with van der Waals surface area (Å²) in [6.45, 7) is 0. The van der Waals surface area contributed by atoms with Crippen molar-refractivity contribution in [1.82, 2.24) is 0 Å². The van der Waals surface area contributed by atoms with Crippen LogP contribution in [0.2, 0.25) is 0 Å². The number of hydrogen-bond acceptors (Lipinski definition) is 0. The first-order chi connectivity index (χ1) is 37.8. The van der Waals surface area contributed by atoms with Crippen molar-refractivity contribution in [3.8, 4) is 44.5 Å². The molecule has 0 amide bonds. The lowest BCUT2D eigenvalue weighted by atomic mass is 9.80. The molecule has 4 heteroatoms. The monoisotopic (exact) mass is 1040 g/mol. The molecule has 0 unspecified atom stereocenters. The van der Waals surface area contributed by atoms with E-state index in [2.05, 4.69) is 315 Å². The standard InChI is InChI=1S/C72H52P4/c1-9-29-53(30-10-1)73(54-31-11-2-12-32-54)65-49-25-45-61-62-46-26-51-67(75(57-37-17-5-18-38-57)58-39-19-6-20-40-58)71(62)72-64(48-28-52-68(72)76(59-41-21-7-22-42-59)60-43-23-8-24-44-60)63-47-27-50-66(70(63)69(61)65)74(55-33-13-3-14-34-55)56-35-15-4-16-36-56/h1-52H. The minimum Gasteiger partial charge on any atom is -0.0622 e. The Morgan fingerprint density at radius 1 is 0.132 bits per heavy atom. The molecule has 76 heavy (non-hydrogen) atoms. The van der Waals surface area contributed by atoms with Crippen molar-refractivity contribution in [1.29, 1.82) is 0 Å². The molecule has 0 N–H and O–H groups in total. The predicted molar refractivity (Wildman–Crippen MR) is 337 cm³/mol. The lowest BCUT2D eigenvalue weighted by molar-refractivity contribution is 1.57. The average Bonchev–Trinajstić information content (AvgIpc) is 3.50. The maximum Gasteiger partial charge on any atom is -0.000861 e. The van der Waals surface area contributed by atoms with Crippen LogP contribution in [0.15, 0.2) is 315 Å². The van der Waals surface area contributed by atoms with Crippen LogP contribution in [0.5, 0.6) is 0 Å². The van der Waals surface area contributed by atoms with Crippen LogP contribution in [-0.2, 0) is 0 Å². The number of benzene rings is 12. The number of fused-ring (bicyclic) bond motifs is 8. The summed E-state index contributed by atoms with van der Waals surface area (Å²) in [4.78, 5) is 0. The van der Waals surface area contributed by atoms with Crippen molar-refractivity contribution >= 4 is 95.3 Å². The summed E-state index contributed by atoms with van der Waals surface area (Å²) in [6.07, 6.45) is 0. The van der Waals surface area contributed by atoms with Gasteiger partial charge in [0.2, 0.25) is 0 Å². The first-order valence-electron chi connectivity index (χ1n) is 25.9. The van der Waals surface area contributed by atoms with Crippen LogP contribution in [0, 0.1) is 0 Å². The van der Waals surface area contributed by atoms with Gasteiger partial charge in [0, 0.05) is 0 Å². The van der Waals surface area contributed by atoms with E-state index in [9.17, 15) is 0 Å². The van der Waals surface area contributed by atoms with Gasteiger partial charge in [-0.25, -0.2) is 0 Å². The quantitative estimate of drug-likeness (QED) is 0.107. The number of rotatable bonds is 12. The highest BCUT2D eigenvalue weighted by atomic mass is 31.1. The largest absolute Gasteiger partial charge is 0.0622 e. The zero-order valence-corrected chi connectivity index (χ0v) is 45.4. The second kappa shape index (κ2) is 21.9. The lowest BCUT2D eigenvalue weighted by Gasteiger charge is -2.34. The van der Waals surface area contributed by atoms with Crippen molar-refractivity contribution in [3.05, 3.63) is 315 Å². The van der Waals surface area contributed by atoms with E-state index >= 15 is 0 Å². The molecule has 360 valence electrons. The fourth-order valence-corrected chi connectivity index (χ4v) is 21.1. The van der Waals surface area contributed by atoms with Gasteiger partial charge in [-0.3, -0.25) is 0 Å². The van der Waals surface area contributed by atoms with E-state index in [1.54, 1.807) is 0 Å². The lowest BCUT2D eigenvalue weighted by Crippen LogP contribution is -2.29. The normalized spacial score (nSPS) is 11.6. The maximum atomic E-state index is 2.46. The Labute approximate surface area is 452 Å². The molecule has 1 aliphatic rings. The highest BCUT2D eigenvalue weighted by Crippen LogP contribution is 2.54. The van der Waals surface area contributed by atoms with Crippen LogP contribution in [-0.4, -0.2) is 0 Å². The Kier molecular flexibility index (Phi) is 13.8. The Morgan fingerprint density at radius 2 is 0.276 bits per heavy atom. The highest BCUT2D eigenvalue weighted by Gasteiger charge is 2.36. The topological polar surface area (TPSA) is 0 Å². The van der Waals surface area contributed by atoms with Gasteiger partial charge in [-0.15, -0.1) is 0 Å². The third-order valence-electron chi connectivity index (χ3n) is 14.3. The molecule has 12 aromatic rings. The molecule has 0 aliphatic heterocycles. The molecule has 13 rings (SSSR count). The second-order valence-corrected chi connectivity index (χ2v) is 27.6. The van der Waals surface area contributed by atoms with E-state index in [1.165, 1.54) is 108 Å². The van der Waals surface area contributed by atoms with Gasteiger partial charge in [0.1, 0.15) is 0 Å². The zero-order chi connectivity index (χ0) is 50.6. The van der Waals surface area contributed by atoms with E-state index in [4.69, 9.17) is 0 Å². The van der Waals surface area contributed by atoms with Gasteiger partial charge in [0.15, 0.2) is 0 Å². The van der Waals surface area contributed by atoms with Crippen molar-refractivity contribution in [2.24, 2.45) is 0 Å². The van der Waals surface area contributed by atoms with Gasteiger partial charge in [-0.2, -0.15) is 0 Å². The van der Waals surface area contributed by atoms with E-state index in [-0.39, 0.29) is 0 Å². The van der Waals surface area contributed by atoms with Gasteiger partial charge in [0.05, 0.1) is 0 Å². The molecule has 0 saturated carbocycles. The van der Waals surface area contributed by atoms with E-state index in [1.807, 2.05) is 0 Å². The number of hydrogen-bond donors (Lipinski definition) is 0. The maximum absolute atomic E-state index is 2.46. The molecular weight excluding hydrogens is 989 g/mol. The van der Waals surface area contributed by atoms with Crippen molar-refractivity contribution in [2.45, 2.75) is 0 Å². The van der Waals surface area contributed by atoms with Crippen LogP contribution in [0.1, 0.15) is 0 Å². The fraction of sp³-hybridized carbons (Fsp3) is 0. The Balaban J connectivity index is 1.24. The van der Waals surface area contributed by atoms with Crippen LogP contribution < -0.4 is 63.7 Å². The van der Waals surface area contributed by atoms with Crippen LogP contribution >= 0.6 is 31.7 Å². The molecule has 0 spiro atoms. The molecule has 0 fully saturated rings.